The zero-order valence-electron chi connectivity index (χ0n) is 54.5. The molecule has 5 heterocycles. The molecule has 0 amide bonds. The maximum atomic E-state index is 6.79. The van der Waals surface area contributed by atoms with Gasteiger partial charge in [0.15, 0.2) is 0 Å². The van der Waals surface area contributed by atoms with Gasteiger partial charge in [-0.05, 0) is 187 Å². The van der Waals surface area contributed by atoms with Crippen molar-refractivity contribution in [1.29, 1.82) is 0 Å². The van der Waals surface area contributed by atoms with E-state index in [9.17, 15) is 0 Å². The van der Waals surface area contributed by atoms with Gasteiger partial charge in [0.2, 0.25) is 0 Å². The molecule has 0 radical (unpaired) electrons. The fourth-order valence-electron chi connectivity index (χ4n) is 17.1. The molecule has 4 heteroatoms. The summed E-state index contributed by atoms with van der Waals surface area (Å²) in [6.07, 6.45) is 0. The minimum atomic E-state index is -0.144. The van der Waals surface area contributed by atoms with Gasteiger partial charge in [0, 0.05) is 54.6 Å². The van der Waals surface area contributed by atoms with Crippen molar-refractivity contribution in [1.82, 2.24) is 9.13 Å². The molecule has 15 aromatic carbocycles. The van der Waals surface area contributed by atoms with E-state index in [2.05, 4.69) is 336 Å². The van der Waals surface area contributed by atoms with Gasteiger partial charge in [-0.15, -0.1) is 0 Å². The molecule has 0 unspecified atom stereocenters. The lowest BCUT2D eigenvalue weighted by Gasteiger charge is -2.35. The van der Waals surface area contributed by atoms with E-state index < -0.39 is 0 Å². The summed E-state index contributed by atoms with van der Waals surface area (Å²) in [6, 6.07) is 109. The van der Waals surface area contributed by atoms with Crippen LogP contribution in [0.1, 0.15) is 52.7 Å². The molecular formula is C92H65BN2O. The van der Waals surface area contributed by atoms with Crippen molar-refractivity contribution in [3.8, 4) is 78.1 Å². The van der Waals surface area contributed by atoms with Crippen LogP contribution >= 0.6 is 0 Å². The highest BCUT2D eigenvalue weighted by atomic mass is 16.3. The number of fused-ring (bicyclic) bond motifs is 20. The van der Waals surface area contributed by atoms with E-state index in [0.717, 1.165) is 33.0 Å². The molecule has 0 saturated heterocycles. The maximum Gasteiger partial charge on any atom is 0.252 e. The van der Waals surface area contributed by atoms with Crippen LogP contribution in [-0.4, -0.2) is 15.8 Å². The first-order chi connectivity index (χ1) is 46.9. The van der Waals surface area contributed by atoms with Crippen LogP contribution in [0.5, 0.6) is 0 Å². The maximum absolute atomic E-state index is 6.79. The molecule has 0 bridgehead atoms. The molecule has 2 aliphatic rings. The number of furan rings is 1. The third kappa shape index (κ3) is 7.90. The topological polar surface area (TPSA) is 23.0 Å². The third-order valence-corrected chi connectivity index (χ3v) is 21.6. The Balaban J connectivity index is 0.987. The summed E-state index contributed by atoms with van der Waals surface area (Å²) < 4.78 is 12.2. The van der Waals surface area contributed by atoms with Crippen LogP contribution in [0, 0.1) is 0 Å². The van der Waals surface area contributed by atoms with Crippen LogP contribution in [0.3, 0.4) is 0 Å². The number of para-hydroxylation sites is 2. The zero-order chi connectivity index (χ0) is 64.0. The highest BCUT2D eigenvalue weighted by Gasteiger charge is 2.43. The second-order valence-corrected chi connectivity index (χ2v) is 29.1. The standard InChI is InChI=1S/C92H65BN2O/c1-91(2,3)61-41-36-56(37-42-61)71-47-59(54-22-9-7-10-23-54)48-72(57-38-43-62(44-39-57)92(4,5)6)85(71)60-49-81-88-82(50-60)95-80-52-74-68-31-19-20-35-83(68)96-84(74)53-73(80)70-33-21-34-77(89(70)95)93(88)78-51-75-67-30-16-15-28-65(67)66-29-17-18-32-69(66)86(75)87-76-46-58(40-45-79(76)94(81)90(78)87)64-27-14-13-26-63(64)55-24-11-8-12-25-55/h7-53H,1-6H3. The van der Waals surface area contributed by atoms with Crippen molar-refractivity contribution in [2.45, 2.75) is 52.4 Å². The van der Waals surface area contributed by atoms with Crippen LogP contribution in [0.4, 0.5) is 0 Å². The Kier molecular flexibility index (Phi) is 11.5. The van der Waals surface area contributed by atoms with Crippen molar-refractivity contribution in [2.75, 3.05) is 0 Å². The lowest BCUT2D eigenvalue weighted by Crippen LogP contribution is -2.59. The quantitative estimate of drug-likeness (QED) is 0.120. The molecule has 20 rings (SSSR count). The number of hydrogen-bond acceptors (Lipinski definition) is 1. The fourth-order valence-corrected chi connectivity index (χ4v) is 17.1. The molecule has 0 spiro atoms. The van der Waals surface area contributed by atoms with Crippen molar-refractivity contribution in [3.63, 3.8) is 0 Å². The SMILES string of the molecule is CC(C)(C)c1ccc(-c2cc(-c3ccccc3)cc(-c3ccc(C(C)(C)C)cc3)c2-c2cc3c4c(c2)-n2c5ccc(-c6ccccc6-c6ccccc6)cc5c5c6c7ccccc7c7ccccc7c6cc(c52)B4c2cccc4c5cc6oc7ccccc7c6cc5n-3c24)cc1. The Morgan fingerprint density at radius 1 is 0.281 bits per heavy atom. The van der Waals surface area contributed by atoms with Gasteiger partial charge in [-0.3, -0.25) is 0 Å². The molecule has 452 valence electrons. The summed E-state index contributed by atoms with van der Waals surface area (Å²) >= 11 is 0. The van der Waals surface area contributed by atoms with Crippen LogP contribution < -0.4 is 16.4 Å². The number of benzene rings is 15. The summed E-state index contributed by atoms with van der Waals surface area (Å²) in [4.78, 5) is 0. The predicted octanol–water partition coefficient (Wildman–Crippen LogP) is 23.0. The normalized spacial score (nSPS) is 12.9. The average molecular weight is 1230 g/mol. The van der Waals surface area contributed by atoms with E-state index in [0.29, 0.717) is 0 Å². The van der Waals surface area contributed by atoms with E-state index in [4.69, 9.17) is 4.42 Å². The highest BCUT2D eigenvalue weighted by molar-refractivity contribution is 7.00. The number of nitrogens with zero attached hydrogens (tertiary/aromatic N) is 2. The molecule has 18 aromatic rings. The Morgan fingerprint density at radius 3 is 1.45 bits per heavy atom. The summed E-state index contributed by atoms with van der Waals surface area (Å²) in [5.74, 6) is 0. The lowest BCUT2D eigenvalue weighted by molar-refractivity contribution is 0.590. The van der Waals surface area contributed by atoms with Gasteiger partial charge in [-0.1, -0.05) is 272 Å². The van der Waals surface area contributed by atoms with Crippen LogP contribution in [0.2, 0.25) is 0 Å². The molecular weight excluding hydrogens is 1160 g/mol. The first-order valence-corrected chi connectivity index (χ1v) is 33.9. The van der Waals surface area contributed by atoms with Crippen molar-refractivity contribution >= 4 is 121 Å². The molecule has 0 atom stereocenters. The second-order valence-electron chi connectivity index (χ2n) is 29.1. The number of aromatic nitrogens is 2. The summed E-state index contributed by atoms with van der Waals surface area (Å²) in [5.41, 5.74) is 29.7. The van der Waals surface area contributed by atoms with Gasteiger partial charge in [0.25, 0.3) is 6.71 Å². The lowest BCUT2D eigenvalue weighted by atomic mass is 9.34. The molecule has 0 fully saturated rings. The molecule has 3 aromatic heterocycles. The van der Waals surface area contributed by atoms with E-state index in [1.54, 1.807) is 0 Å². The summed E-state index contributed by atoms with van der Waals surface area (Å²) in [6.45, 7) is 13.7. The van der Waals surface area contributed by atoms with Crippen molar-refractivity contribution < 1.29 is 4.42 Å². The Hall–Kier alpha value is -11.5. The highest BCUT2D eigenvalue weighted by Crippen LogP contribution is 2.51. The van der Waals surface area contributed by atoms with Gasteiger partial charge in [0.05, 0.1) is 16.6 Å². The Bertz CT molecular complexity index is 6290. The monoisotopic (exact) mass is 1220 g/mol. The Morgan fingerprint density at radius 2 is 0.802 bits per heavy atom. The number of rotatable bonds is 6. The first kappa shape index (κ1) is 55.0. The van der Waals surface area contributed by atoms with Gasteiger partial charge in [-0.2, -0.15) is 0 Å². The van der Waals surface area contributed by atoms with Crippen molar-refractivity contribution in [3.05, 3.63) is 296 Å². The zero-order valence-corrected chi connectivity index (χ0v) is 54.5. The van der Waals surface area contributed by atoms with E-state index >= 15 is 0 Å². The predicted molar refractivity (Wildman–Crippen MR) is 410 cm³/mol. The van der Waals surface area contributed by atoms with Crippen LogP contribution in [0.25, 0.3) is 176 Å². The van der Waals surface area contributed by atoms with Gasteiger partial charge in [-0.25, -0.2) is 0 Å². The fraction of sp³-hybridized carbons (Fsp3) is 0.0870. The van der Waals surface area contributed by atoms with E-state index in [-0.39, 0.29) is 17.5 Å². The molecule has 2 aliphatic heterocycles. The van der Waals surface area contributed by atoms with E-state index in [1.165, 1.54) is 171 Å². The second kappa shape index (κ2) is 20.0. The van der Waals surface area contributed by atoms with Gasteiger partial charge < -0.3 is 13.6 Å². The van der Waals surface area contributed by atoms with Gasteiger partial charge >= 0.3 is 0 Å². The molecule has 3 nitrogen and oxygen atoms in total. The molecule has 96 heavy (non-hydrogen) atoms. The van der Waals surface area contributed by atoms with Gasteiger partial charge in [0.1, 0.15) is 11.2 Å². The summed E-state index contributed by atoms with van der Waals surface area (Å²) in [5, 5.41) is 14.8. The Labute approximate surface area is 557 Å². The molecule has 0 saturated carbocycles. The van der Waals surface area contributed by atoms with Crippen molar-refractivity contribution in [2.24, 2.45) is 0 Å². The number of hydrogen-bond donors (Lipinski definition) is 0. The van der Waals surface area contributed by atoms with Crippen LogP contribution in [-0.2, 0) is 10.8 Å². The minimum Gasteiger partial charge on any atom is -0.456 e. The average Bonchev–Trinajstić information content (AvgIpc) is 1.43. The minimum absolute atomic E-state index is 0.0295. The third-order valence-electron chi connectivity index (χ3n) is 21.6. The molecule has 0 N–H and O–H groups in total. The van der Waals surface area contributed by atoms with E-state index in [1.807, 2.05) is 0 Å². The summed E-state index contributed by atoms with van der Waals surface area (Å²) in [7, 11) is 0. The first-order valence-electron chi connectivity index (χ1n) is 33.9. The van der Waals surface area contributed by atoms with Crippen LogP contribution in [0.15, 0.2) is 290 Å². The molecule has 0 aliphatic carbocycles. The smallest absolute Gasteiger partial charge is 0.252 e. The largest absolute Gasteiger partial charge is 0.456 e.